The molecule has 0 radical (unpaired) electrons. The Hall–Kier alpha value is -2.53. The molecule has 3 rings (SSSR count). The van der Waals surface area contributed by atoms with Crippen LogP contribution in [-0.4, -0.2) is 32.3 Å². The van der Waals surface area contributed by atoms with Crippen LogP contribution in [-0.2, 0) is 11.3 Å². The van der Waals surface area contributed by atoms with Crippen LogP contribution in [0.4, 0.5) is 0 Å². The summed E-state index contributed by atoms with van der Waals surface area (Å²) in [5.41, 5.74) is 0.824. The fraction of sp³-hybridized carbons (Fsp3) is 0.300. The number of nitrogens with zero attached hydrogens (tertiary/aromatic N) is 3. The fourth-order valence-electron chi connectivity index (χ4n) is 2.85. The van der Waals surface area contributed by atoms with Crippen LogP contribution in [0.25, 0.3) is 5.65 Å². The van der Waals surface area contributed by atoms with Crippen molar-refractivity contribution in [1.29, 1.82) is 0 Å². The minimum atomic E-state index is -0.996. The third-order valence-corrected chi connectivity index (χ3v) is 4.47. The summed E-state index contributed by atoms with van der Waals surface area (Å²) in [5.74, 6) is 0.527. The Balaban J connectivity index is 1.77. The summed E-state index contributed by atoms with van der Waals surface area (Å²) >= 11 is 5.91. The van der Waals surface area contributed by atoms with Gasteiger partial charge in [0.25, 0.3) is 5.91 Å². The van der Waals surface area contributed by atoms with E-state index >= 15 is 0 Å². The molecule has 2 aromatic heterocycles. The standard InChI is InChI=1S/C20H22ClN3O2/c1-4-23(14-16-13-22-18-7-5-6-12-24(16)18)19(25)20(2,3)26-17-10-8-15(21)9-11-17/h5-13H,4,14H2,1-3H3. The zero-order valence-electron chi connectivity index (χ0n) is 15.1. The number of carbonyl (C=O) groups excluding carboxylic acids is 1. The van der Waals surface area contributed by atoms with E-state index in [9.17, 15) is 4.79 Å². The number of rotatable bonds is 6. The molecular weight excluding hydrogens is 350 g/mol. The SMILES string of the molecule is CCN(Cc1cnc2ccccn12)C(=O)C(C)(C)Oc1ccc(Cl)cc1. The second kappa shape index (κ2) is 7.38. The van der Waals surface area contributed by atoms with Gasteiger partial charge in [-0.1, -0.05) is 17.7 Å². The van der Waals surface area contributed by atoms with Gasteiger partial charge in [0.2, 0.25) is 0 Å². The first-order valence-electron chi connectivity index (χ1n) is 8.55. The lowest BCUT2D eigenvalue weighted by Crippen LogP contribution is -2.48. The van der Waals surface area contributed by atoms with Gasteiger partial charge in [0.1, 0.15) is 11.4 Å². The van der Waals surface area contributed by atoms with Gasteiger partial charge in [-0.3, -0.25) is 4.79 Å². The van der Waals surface area contributed by atoms with Gasteiger partial charge in [-0.2, -0.15) is 0 Å². The predicted octanol–water partition coefficient (Wildman–Crippen LogP) is 4.19. The second-order valence-electron chi connectivity index (χ2n) is 6.56. The quantitative estimate of drug-likeness (QED) is 0.652. The zero-order chi connectivity index (χ0) is 18.7. The van der Waals surface area contributed by atoms with Crippen molar-refractivity contribution in [3.05, 3.63) is 65.6 Å². The van der Waals surface area contributed by atoms with E-state index in [1.165, 1.54) is 0 Å². The lowest BCUT2D eigenvalue weighted by Gasteiger charge is -2.31. The van der Waals surface area contributed by atoms with Crippen molar-refractivity contribution in [1.82, 2.24) is 14.3 Å². The molecule has 0 saturated carbocycles. The summed E-state index contributed by atoms with van der Waals surface area (Å²) in [6.45, 7) is 6.56. The Morgan fingerprint density at radius 3 is 2.65 bits per heavy atom. The molecule has 0 N–H and O–H groups in total. The molecule has 0 atom stereocenters. The van der Waals surface area contributed by atoms with Crippen molar-refractivity contribution >= 4 is 23.2 Å². The van der Waals surface area contributed by atoms with E-state index in [2.05, 4.69) is 4.98 Å². The van der Waals surface area contributed by atoms with Gasteiger partial charge in [-0.05, 0) is 57.2 Å². The van der Waals surface area contributed by atoms with Crippen molar-refractivity contribution in [3.63, 3.8) is 0 Å². The van der Waals surface area contributed by atoms with E-state index in [4.69, 9.17) is 16.3 Å². The molecule has 0 saturated heterocycles. The number of carbonyl (C=O) groups is 1. The number of aromatic nitrogens is 2. The molecule has 0 spiro atoms. The maximum Gasteiger partial charge on any atom is 0.266 e. The highest BCUT2D eigenvalue weighted by Crippen LogP contribution is 2.23. The van der Waals surface area contributed by atoms with Gasteiger partial charge in [0, 0.05) is 17.8 Å². The molecule has 0 fully saturated rings. The van der Waals surface area contributed by atoms with Crippen LogP contribution in [0.15, 0.2) is 54.9 Å². The number of likely N-dealkylation sites (N-methyl/N-ethyl adjacent to an activating group) is 1. The van der Waals surface area contributed by atoms with Crippen molar-refractivity contribution in [3.8, 4) is 5.75 Å². The number of benzene rings is 1. The predicted molar refractivity (Wildman–Crippen MR) is 102 cm³/mol. The van der Waals surface area contributed by atoms with Crippen LogP contribution in [0.5, 0.6) is 5.75 Å². The number of hydrogen-bond donors (Lipinski definition) is 0. The van der Waals surface area contributed by atoms with Gasteiger partial charge in [0.05, 0.1) is 18.4 Å². The third-order valence-electron chi connectivity index (χ3n) is 4.22. The van der Waals surface area contributed by atoms with Crippen LogP contribution >= 0.6 is 11.6 Å². The Morgan fingerprint density at radius 1 is 1.23 bits per heavy atom. The summed E-state index contributed by atoms with van der Waals surface area (Å²) in [4.78, 5) is 19.2. The first-order chi connectivity index (χ1) is 12.4. The van der Waals surface area contributed by atoms with Crippen molar-refractivity contribution in [2.75, 3.05) is 6.54 Å². The lowest BCUT2D eigenvalue weighted by atomic mass is 10.1. The summed E-state index contributed by atoms with van der Waals surface area (Å²) in [7, 11) is 0. The first-order valence-corrected chi connectivity index (χ1v) is 8.93. The average Bonchev–Trinajstić information content (AvgIpc) is 3.04. The van der Waals surface area contributed by atoms with Crippen LogP contribution in [0.3, 0.4) is 0 Å². The molecule has 0 unspecified atom stereocenters. The van der Waals surface area contributed by atoms with Gasteiger partial charge in [-0.25, -0.2) is 4.98 Å². The van der Waals surface area contributed by atoms with Gasteiger partial charge >= 0.3 is 0 Å². The summed E-state index contributed by atoms with van der Waals surface area (Å²) in [6, 6.07) is 12.8. The highest BCUT2D eigenvalue weighted by Gasteiger charge is 2.34. The van der Waals surface area contributed by atoms with Crippen LogP contribution in [0.1, 0.15) is 26.5 Å². The molecule has 26 heavy (non-hydrogen) atoms. The van der Waals surface area contributed by atoms with Gasteiger partial charge < -0.3 is 14.0 Å². The van der Waals surface area contributed by atoms with Crippen LogP contribution in [0, 0.1) is 0 Å². The lowest BCUT2D eigenvalue weighted by molar-refractivity contribution is -0.146. The topological polar surface area (TPSA) is 46.8 Å². The monoisotopic (exact) mass is 371 g/mol. The fourth-order valence-corrected chi connectivity index (χ4v) is 2.97. The van der Waals surface area contributed by atoms with Crippen LogP contribution < -0.4 is 4.74 Å². The molecule has 1 amide bonds. The van der Waals surface area contributed by atoms with Crippen molar-refractivity contribution in [2.45, 2.75) is 32.9 Å². The minimum Gasteiger partial charge on any atom is -0.478 e. The molecule has 0 aliphatic heterocycles. The molecule has 3 aromatic rings. The molecule has 0 bridgehead atoms. The van der Waals surface area contributed by atoms with E-state index in [1.54, 1.807) is 49.2 Å². The van der Waals surface area contributed by atoms with E-state index in [0.29, 0.717) is 23.9 Å². The maximum absolute atomic E-state index is 13.1. The molecule has 1 aromatic carbocycles. The first kappa shape index (κ1) is 18.3. The Bertz CT molecular complexity index is 903. The third kappa shape index (κ3) is 3.83. The van der Waals surface area contributed by atoms with Crippen molar-refractivity contribution < 1.29 is 9.53 Å². The van der Waals surface area contributed by atoms with E-state index in [0.717, 1.165) is 11.3 Å². The molecule has 6 heteroatoms. The number of halogens is 1. The Labute approximate surface area is 158 Å². The maximum atomic E-state index is 13.1. The largest absolute Gasteiger partial charge is 0.478 e. The van der Waals surface area contributed by atoms with Crippen LogP contribution in [0.2, 0.25) is 5.02 Å². The molecule has 5 nitrogen and oxygen atoms in total. The summed E-state index contributed by atoms with van der Waals surface area (Å²) in [5, 5.41) is 0.629. The summed E-state index contributed by atoms with van der Waals surface area (Å²) in [6.07, 6.45) is 3.75. The van der Waals surface area contributed by atoms with E-state index < -0.39 is 5.60 Å². The van der Waals surface area contributed by atoms with Crippen molar-refractivity contribution in [2.24, 2.45) is 0 Å². The zero-order valence-corrected chi connectivity index (χ0v) is 15.9. The highest BCUT2D eigenvalue weighted by atomic mass is 35.5. The highest BCUT2D eigenvalue weighted by molar-refractivity contribution is 6.30. The number of imidazole rings is 1. The number of ether oxygens (including phenoxy) is 1. The second-order valence-corrected chi connectivity index (χ2v) is 7.00. The molecular formula is C20H22ClN3O2. The molecule has 0 aliphatic carbocycles. The van der Waals surface area contributed by atoms with Gasteiger partial charge in [-0.15, -0.1) is 0 Å². The normalized spacial score (nSPS) is 11.5. The van der Waals surface area contributed by atoms with E-state index in [-0.39, 0.29) is 5.91 Å². The van der Waals surface area contributed by atoms with E-state index in [1.807, 2.05) is 35.7 Å². The Kier molecular flexibility index (Phi) is 5.18. The molecule has 2 heterocycles. The Morgan fingerprint density at radius 2 is 1.96 bits per heavy atom. The number of fused-ring (bicyclic) bond motifs is 1. The summed E-state index contributed by atoms with van der Waals surface area (Å²) < 4.78 is 7.92. The molecule has 0 aliphatic rings. The molecule has 136 valence electrons. The number of amides is 1. The number of hydrogen-bond acceptors (Lipinski definition) is 3. The number of pyridine rings is 1. The average molecular weight is 372 g/mol. The van der Waals surface area contributed by atoms with Gasteiger partial charge in [0.15, 0.2) is 5.60 Å². The minimum absolute atomic E-state index is 0.0826. The smallest absolute Gasteiger partial charge is 0.266 e.